The van der Waals surface area contributed by atoms with Crippen LogP contribution in [-0.2, 0) is 4.79 Å². The standard InChI is InChI=1S/C28H44O6/c1-17(12-14-28(34,25(31)32)26(3,4)33)22-10-11-23-19(7-6-13-27(22,23)5)8-9-20-15-21(29)16-24(30)18(20)2/h8-9,17,21-24,29-30,33-34H,2,6-7,10-16H2,1,3-5H3,(H,31,32)/b19-8-,20-9-/t17-,21-,22-,23+,24+,27-,28+/m1/s1. The van der Waals surface area contributed by atoms with Gasteiger partial charge in [-0.25, -0.2) is 4.79 Å². The molecule has 192 valence electrons. The van der Waals surface area contributed by atoms with Crippen molar-refractivity contribution in [2.24, 2.45) is 23.2 Å². The Bertz CT molecular complexity index is 851. The van der Waals surface area contributed by atoms with Crippen LogP contribution < -0.4 is 0 Å². The van der Waals surface area contributed by atoms with Gasteiger partial charge in [0.25, 0.3) is 0 Å². The summed E-state index contributed by atoms with van der Waals surface area (Å²) >= 11 is 0. The number of carboxylic acids is 1. The molecule has 0 aromatic carbocycles. The molecule has 6 heteroatoms. The van der Waals surface area contributed by atoms with Crippen molar-refractivity contribution in [2.45, 2.75) is 109 Å². The number of aliphatic hydroxyl groups excluding tert-OH is 2. The number of aliphatic hydroxyl groups is 4. The molecule has 0 spiro atoms. The number of aliphatic carboxylic acids is 1. The fourth-order valence-electron chi connectivity index (χ4n) is 6.99. The number of carboxylic acid groups (broad SMARTS) is 1. The predicted molar refractivity (Wildman–Crippen MR) is 132 cm³/mol. The highest BCUT2D eigenvalue weighted by molar-refractivity contribution is 5.78. The third-order valence-corrected chi connectivity index (χ3v) is 9.32. The first-order valence-corrected chi connectivity index (χ1v) is 12.8. The molecule has 3 rings (SSSR count). The third-order valence-electron chi connectivity index (χ3n) is 9.32. The third kappa shape index (κ3) is 5.06. The quantitative estimate of drug-likeness (QED) is 0.377. The number of allylic oxidation sites excluding steroid dienone is 3. The molecule has 5 N–H and O–H groups in total. The van der Waals surface area contributed by atoms with Gasteiger partial charge < -0.3 is 25.5 Å². The average Bonchev–Trinajstić information content (AvgIpc) is 3.09. The lowest BCUT2D eigenvalue weighted by Crippen LogP contribution is -2.56. The van der Waals surface area contributed by atoms with Gasteiger partial charge in [0, 0.05) is 6.42 Å². The smallest absolute Gasteiger partial charge is 0.338 e. The van der Waals surface area contributed by atoms with Crippen LogP contribution in [-0.4, -0.2) is 54.9 Å². The summed E-state index contributed by atoms with van der Waals surface area (Å²) in [6, 6.07) is 0. The second kappa shape index (κ2) is 9.88. The van der Waals surface area contributed by atoms with Crippen molar-refractivity contribution in [3.8, 4) is 0 Å². The monoisotopic (exact) mass is 476 g/mol. The minimum Gasteiger partial charge on any atom is -0.479 e. The van der Waals surface area contributed by atoms with Gasteiger partial charge in [0.15, 0.2) is 5.60 Å². The normalized spacial score (nSPS) is 37.5. The minimum atomic E-state index is -2.17. The number of fused-ring (bicyclic) bond motifs is 1. The molecule has 3 fully saturated rings. The zero-order valence-corrected chi connectivity index (χ0v) is 21.3. The molecule has 3 aliphatic carbocycles. The fourth-order valence-corrected chi connectivity index (χ4v) is 6.99. The summed E-state index contributed by atoms with van der Waals surface area (Å²) < 4.78 is 0. The highest BCUT2D eigenvalue weighted by atomic mass is 16.4. The Balaban J connectivity index is 1.75. The summed E-state index contributed by atoms with van der Waals surface area (Å²) in [5.41, 5.74) is -0.733. The maximum atomic E-state index is 11.7. The summed E-state index contributed by atoms with van der Waals surface area (Å²) in [5, 5.41) is 50.8. The van der Waals surface area contributed by atoms with Gasteiger partial charge in [0.1, 0.15) is 0 Å². The fraction of sp³-hybridized carbons (Fsp3) is 0.750. The van der Waals surface area contributed by atoms with Gasteiger partial charge >= 0.3 is 5.97 Å². The molecule has 0 aromatic heterocycles. The van der Waals surface area contributed by atoms with E-state index in [4.69, 9.17) is 0 Å². The van der Waals surface area contributed by atoms with Crippen molar-refractivity contribution in [1.29, 1.82) is 0 Å². The average molecular weight is 477 g/mol. The van der Waals surface area contributed by atoms with Gasteiger partial charge in [-0.15, -0.1) is 0 Å². The molecule has 6 nitrogen and oxygen atoms in total. The molecule has 0 heterocycles. The van der Waals surface area contributed by atoms with Gasteiger partial charge in [-0.3, -0.25) is 0 Å². The van der Waals surface area contributed by atoms with Crippen molar-refractivity contribution in [1.82, 2.24) is 0 Å². The Morgan fingerprint density at radius 3 is 2.53 bits per heavy atom. The molecule has 0 bridgehead atoms. The number of hydrogen-bond acceptors (Lipinski definition) is 5. The highest BCUT2D eigenvalue weighted by Gasteiger charge is 2.53. The number of hydrogen-bond donors (Lipinski definition) is 5. The van der Waals surface area contributed by atoms with Gasteiger partial charge in [-0.1, -0.05) is 38.2 Å². The van der Waals surface area contributed by atoms with Crippen molar-refractivity contribution >= 4 is 5.97 Å². The van der Waals surface area contributed by atoms with Gasteiger partial charge in [-0.05, 0) is 99.5 Å². The summed E-state index contributed by atoms with van der Waals surface area (Å²) in [7, 11) is 0. The topological polar surface area (TPSA) is 118 Å². The number of carbonyl (C=O) groups is 1. The lowest BCUT2D eigenvalue weighted by molar-refractivity contribution is -0.188. The molecule has 0 radical (unpaired) electrons. The van der Waals surface area contributed by atoms with Crippen molar-refractivity contribution < 1.29 is 30.3 Å². The van der Waals surface area contributed by atoms with Crippen LogP contribution in [0.3, 0.4) is 0 Å². The van der Waals surface area contributed by atoms with E-state index in [0.717, 1.165) is 37.7 Å². The van der Waals surface area contributed by atoms with Crippen LogP contribution in [0.4, 0.5) is 0 Å². The lowest BCUT2D eigenvalue weighted by atomic mass is 9.60. The van der Waals surface area contributed by atoms with Crippen LogP contribution in [0.2, 0.25) is 0 Å². The summed E-state index contributed by atoms with van der Waals surface area (Å²) in [4.78, 5) is 11.7. The lowest BCUT2D eigenvalue weighted by Gasteiger charge is -2.45. The van der Waals surface area contributed by atoms with Gasteiger partial charge in [0.2, 0.25) is 0 Å². The van der Waals surface area contributed by atoms with Gasteiger partial charge in [-0.2, -0.15) is 0 Å². The molecule has 0 saturated heterocycles. The first-order valence-electron chi connectivity index (χ1n) is 12.8. The van der Waals surface area contributed by atoms with E-state index in [1.165, 1.54) is 19.4 Å². The van der Waals surface area contributed by atoms with E-state index >= 15 is 0 Å². The highest BCUT2D eigenvalue weighted by Crippen LogP contribution is 2.60. The number of rotatable bonds is 7. The molecule has 0 amide bonds. The van der Waals surface area contributed by atoms with E-state index in [1.807, 2.05) is 6.08 Å². The van der Waals surface area contributed by atoms with Crippen LogP contribution in [0.15, 0.2) is 35.5 Å². The van der Waals surface area contributed by atoms with Crippen LogP contribution in [0.1, 0.15) is 85.5 Å². The Labute approximate surface area is 204 Å². The first-order chi connectivity index (χ1) is 15.7. The zero-order valence-electron chi connectivity index (χ0n) is 21.3. The van der Waals surface area contributed by atoms with E-state index in [9.17, 15) is 30.3 Å². The second-order valence-electron chi connectivity index (χ2n) is 11.9. The predicted octanol–water partition coefficient (Wildman–Crippen LogP) is 4.13. The molecule has 7 atom stereocenters. The molecular weight excluding hydrogens is 432 g/mol. The van der Waals surface area contributed by atoms with Crippen LogP contribution in [0, 0.1) is 23.2 Å². The Morgan fingerprint density at radius 2 is 1.91 bits per heavy atom. The summed E-state index contributed by atoms with van der Waals surface area (Å²) in [5.74, 6) is -0.283. The van der Waals surface area contributed by atoms with Crippen LogP contribution in [0.25, 0.3) is 0 Å². The van der Waals surface area contributed by atoms with E-state index in [0.29, 0.717) is 36.7 Å². The van der Waals surface area contributed by atoms with Gasteiger partial charge in [0.05, 0.1) is 17.8 Å². The molecule has 34 heavy (non-hydrogen) atoms. The molecular formula is C28H44O6. The van der Waals surface area contributed by atoms with E-state index < -0.39 is 29.4 Å². The SMILES string of the molecule is C=C1/C(=C\C=C2\CCC[C@]3(C)[C@@H]([C@H](C)CC[C@](O)(C(=O)O)C(C)(C)O)CC[C@@H]23)C[C@@H](O)C[C@@H]1O. The van der Waals surface area contributed by atoms with Crippen molar-refractivity contribution in [2.75, 3.05) is 0 Å². The van der Waals surface area contributed by atoms with Crippen LogP contribution in [0.5, 0.6) is 0 Å². The first kappa shape index (κ1) is 27.1. The van der Waals surface area contributed by atoms with E-state index in [1.54, 1.807) is 0 Å². The minimum absolute atomic E-state index is 0.0196. The maximum absolute atomic E-state index is 11.7. The van der Waals surface area contributed by atoms with E-state index in [-0.39, 0.29) is 17.8 Å². The van der Waals surface area contributed by atoms with Crippen molar-refractivity contribution in [3.05, 3.63) is 35.5 Å². The molecule has 0 unspecified atom stereocenters. The van der Waals surface area contributed by atoms with E-state index in [2.05, 4.69) is 26.5 Å². The molecule has 3 aliphatic rings. The summed E-state index contributed by atoms with van der Waals surface area (Å²) in [6.45, 7) is 11.2. The Morgan fingerprint density at radius 1 is 1.24 bits per heavy atom. The second-order valence-corrected chi connectivity index (χ2v) is 11.9. The zero-order chi connectivity index (χ0) is 25.5. The Hall–Kier alpha value is -1.47. The molecule has 3 saturated carbocycles. The van der Waals surface area contributed by atoms with Crippen molar-refractivity contribution in [3.63, 3.8) is 0 Å². The largest absolute Gasteiger partial charge is 0.479 e. The maximum Gasteiger partial charge on any atom is 0.338 e. The molecule has 0 aromatic rings. The summed E-state index contributed by atoms with van der Waals surface area (Å²) in [6.07, 6.45) is 9.86. The molecule has 0 aliphatic heterocycles. The van der Waals surface area contributed by atoms with Crippen LogP contribution >= 0.6 is 0 Å². The Kier molecular flexibility index (Phi) is 7.88.